The second kappa shape index (κ2) is 1.94. The molecular formula is C6H14N2O. The second-order valence-corrected chi connectivity index (χ2v) is 3.01. The van der Waals surface area contributed by atoms with Gasteiger partial charge in [-0.2, -0.15) is 0 Å². The Labute approximate surface area is 56.0 Å². The van der Waals surface area contributed by atoms with Crippen molar-refractivity contribution >= 4 is 0 Å². The molecule has 3 nitrogen and oxygen atoms in total. The zero-order chi connectivity index (χ0) is 7.07. The highest BCUT2D eigenvalue weighted by Gasteiger charge is 2.30. The van der Waals surface area contributed by atoms with E-state index in [1.165, 1.54) is 0 Å². The summed E-state index contributed by atoms with van der Waals surface area (Å²) in [7, 11) is 3.72. The van der Waals surface area contributed by atoms with Gasteiger partial charge in [-0.05, 0) is 7.05 Å². The molecule has 0 aromatic rings. The van der Waals surface area contributed by atoms with E-state index in [0.717, 1.165) is 13.1 Å². The topological polar surface area (TPSA) is 26.3 Å². The normalized spacial score (nSPS) is 46.0. The Hall–Kier alpha value is -0.120. The fraction of sp³-hybridized carbons (Fsp3) is 1.00. The van der Waals surface area contributed by atoms with Gasteiger partial charge in [0.1, 0.15) is 6.17 Å². The van der Waals surface area contributed by atoms with E-state index in [-0.39, 0.29) is 10.8 Å². The molecule has 0 spiro atoms. The van der Waals surface area contributed by atoms with Crippen LogP contribution in [0.25, 0.3) is 0 Å². The first-order valence-corrected chi connectivity index (χ1v) is 3.30. The van der Waals surface area contributed by atoms with E-state index in [1.54, 1.807) is 7.05 Å². The molecule has 0 aliphatic carbocycles. The number of hydrogen-bond acceptors (Lipinski definition) is 2. The van der Waals surface area contributed by atoms with E-state index >= 15 is 0 Å². The van der Waals surface area contributed by atoms with Gasteiger partial charge in [0, 0.05) is 6.92 Å². The second-order valence-electron chi connectivity index (χ2n) is 3.01. The van der Waals surface area contributed by atoms with Crippen LogP contribution in [0.5, 0.6) is 0 Å². The largest absolute Gasteiger partial charge is 0.632 e. The van der Waals surface area contributed by atoms with Crippen LogP contribution in [0.2, 0.25) is 0 Å². The fourth-order valence-electron chi connectivity index (χ4n) is 1.15. The van der Waals surface area contributed by atoms with Gasteiger partial charge in [-0.15, -0.1) is 0 Å². The molecule has 1 aliphatic heterocycles. The standard InChI is InChI=1S/C6H14N2O/c1-6-7(2)4-5-8(6,3)9/h6H,4-5H2,1-3H3. The Morgan fingerprint density at radius 1 is 1.67 bits per heavy atom. The van der Waals surface area contributed by atoms with Crippen molar-refractivity contribution in [2.75, 3.05) is 27.2 Å². The zero-order valence-corrected chi connectivity index (χ0v) is 6.29. The maximum atomic E-state index is 11.3. The molecule has 0 bridgehead atoms. The number of rotatable bonds is 0. The summed E-state index contributed by atoms with van der Waals surface area (Å²) in [5.74, 6) is 0. The van der Waals surface area contributed by atoms with Gasteiger partial charge in [0.25, 0.3) is 0 Å². The summed E-state index contributed by atoms with van der Waals surface area (Å²) in [6, 6.07) is 0. The average molecular weight is 130 g/mol. The Kier molecular flexibility index (Phi) is 1.50. The monoisotopic (exact) mass is 130 g/mol. The number of nitrogens with zero attached hydrogens (tertiary/aromatic N) is 2. The Balaban J connectivity index is 2.62. The van der Waals surface area contributed by atoms with E-state index in [1.807, 2.05) is 14.0 Å². The van der Waals surface area contributed by atoms with Crippen LogP contribution in [0.3, 0.4) is 0 Å². The van der Waals surface area contributed by atoms with Gasteiger partial charge in [0.15, 0.2) is 0 Å². The SMILES string of the molecule is CC1N(C)CC[N+]1(C)[O-]. The molecular weight excluding hydrogens is 116 g/mol. The molecule has 54 valence electrons. The van der Waals surface area contributed by atoms with Crippen molar-refractivity contribution in [2.45, 2.75) is 13.1 Å². The van der Waals surface area contributed by atoms with Crippen molar-refractivity contribution in [2.24, 2.45) is 0 Å². The van der Waals surface area contributed by atoms with E-state index in [4.69, 9.17) is 0 Å². The summed E-state index contributed by atoms with van der Waals surface area (Å²) < 4.78 is -0.101. The Morgan fingerprint density at radius 3 is 2.33 bits per heavy atom. The lowest BCUT2D eigenvalue weighted by atomic mass is 10.5. The summed E-state index contributed by atoms with van der Waals surface area (Å²) in [5, 5.41) is 11.3. The Morgan fingerprint density at radius 2 is 2.22 bits per heavy atom. The molecule has 0 radical (unpaired) electrons. The van der Waals surface area contributed by atoms with E-state index in [2.05, 4.69) is 4.90 Å². The van der Waals surface area contributed by atoms with Crippen LogP contribution < -0.4 is 0 Å². The molecule has 0 N–H and O–H groups in total. The average Bonchev–Trinajstić information content (AvgIpc) is 1.97. The molecule has 0 aromatic heterocycles. The minimum absolute atomic E-state index is 0.101. The molecule has 1 saturated heterocycles. The van der Waals surface area contributed by atoms with Crippen molar-refractivity contribution in [3.05, 3.63) is 5.21 Å². The molecule has 1 aliphatic rings. The summed E-state index contributed by atoms with van der Waals surface area (Å²) in [6.45, 7) is 3.64. The van der Waals surface area contributed by atoms with Crippen molar-refractivity contribution in [3.63, 3.8) is 0 Å². The molecule has 1 heterocycles. The highest BCUT2D eigenvalue weighted by atomic mass is 16.6. The van der Waals surface area contributed by atoms with Crippen molar-refractivity contribution in [1.29, 1.82) is 0 Å². The Bertz CT molecular complexity index is 114. The quantitative estimate of drug-likeness (QED) is 0.346. The number of hydroxylamine groups is 3. The van der Waals surface area contributed by atoms with Crippen LogP contribution in [-0.2, 0) is 0 Å². The van der Waals surface area contributed by atoms with Crippen LogP contribution in [0, 0.1) is 5.21 Å². The van der Waals surface area contributed by atoms with Crippen molar-refractivity contribution < 1.29 is 4.65 Å². The van der Waals surface area contributed by atoms with Crippen LogP contribution in [0.15, 0.2) is 0 Å². The van der Waals surface area contributed by atoms with Gasteiger partial charge in [0.05, 0.1) is 20.1 Å². The van der Waals surface area contributed by atoms with Gasteiger partial charge < -0.3 is 9.85 Å². The molecule has 2 atom stereocenters. The summed E-state index contributed by atoms with van der Waals surface area (Å²) >= 11 is 0. The van der Waals surface area contributed by atoms with Crippen LogP contribution in [0.4, 0.5) is 0 Å². The van der Waals surface area contributed by atoms with Crippen LogP contribution >= 0.6 is 0 Å². The van der Waals surface area contributed by atoms with Crippen LogP contribution in [-0.4, -0.2) is 42.9 Å². The number of likely N-dealkylation sites (N-methyl/N-ethyl adjacent to an activating group) is 2. The van der Waals surface area contributed by atoms with E-state index in [9.17, 15) is 5.21 Å². The summed E-state index contributed by atoms with van der Waals surface area (Å²) in [6.07, 6.45) is 0.144. The first-order valence-electron chi connectivity index (χ1n) is 3.30. The van der Waals surface area contributed by atoms with Gasteiger partial charge in [-0.3, -0.25) is 4.90 Å². The third-order valence-electron chi connectivity index (χ3n) is 2.33. The molecule has 0 aromatic carbocycles. The lowest BCUT2D eigenvalue weighted by Crippen LogP contribution is -2.44. The molecule has 9 heavy (non-hydrogen) atoms. The van der Waals surface area contributed by atoms with Crippen molar-refractivity contribution in [3.8, 4) is 0 Å². The molecule has 2 unspecified atom stereocenters. The predicted molar refractivity (Wildman–Crippen MR) is 36.5 cm³/mol. The maximum absolute atomic E-state index is 11.3. The number of hydrogen-bond donors (Lipinski definition) is 0. The lowest BCUT2D eigenvalue weighted by molar-refractivity contribution is -0.876. The molecule has 3 heteroatoms. The minimum Gasteiger partial charge on any atom is -0.632 e. The minimum atomic E-state index is -0.101. The van der Waals surface area contributed by atoms with E-state index < -0.39 is 0 Å². The van der Waals surface area contributed by atoms with Crippen LogP contribution in [0.1, 0.15) is 6.92 Å². The maximum Gasteiger partial charge on any atom is 0.142 e. The smallest absolute Gasteiger partial charge is 0.142 e. The molecule has 1 rings (SSSR count). The van der Waals surface area contributed by atoms with E-state index in [0.29, 0.717) is 0 Å². The predicted octanol–water partition coefficient (Wildman–Crippen LogP) is 0.222. The first kappa shape index (κ1) is 6.99. The zero-order valence-electron chi connectivity index (χ0n) is 6.29. The lowest BCUT2D eigenvalue weighted by Gasteiger charge is -2.38. The van der Waals surface area contributed by atoms with Gasteiger partial charge in [-0.1, -0.05) is 0 Å². The van der Waals surface area contributed by atoms with Gasteiger partial charge in [0.2, 0.25) is 0 Å². The first-order chi connectivity index (χ1) is 4.04. The molecule has 1 fully saturated rings. The van der Waals surface area contributed by atoms with Crippen molar-refractivity contribution in [1.82, 2.24) is 4.90 Å². The van der Waals surface area contributed by atoms with Gasteiger partial charge >= 0.3 is 0 Å². The summed E-state index contributed by atoms with van der Waals surface area (Å²) in [5.41, 5.74) is 0. The highest BCUT2D eigenvalue weighted by molar-refractivity contribution is 4.62. The third kappa shape index (κ3) is 1.08. The fourth-order valence-corrected chi connectivity index (χ4v) is 1.15. The summed E-state index contributed by atoms with van der Waals surface area (Å²) in [4.78, 5) is 2.09. The third-order valence-corrected chi connectivity index (χ3v) is 2.33. The molecule has 0 saturated carbocycles. The molecule has 0 amide bonds. The number of quaternary nitrogens is 1. The highest BCUT2D eigenvalue weighted by Crippen LogP contribution is 2.17. The van der Waals surface area contributed by atoms with Gasteiger partial charge in [-0.25, -0.2) is 0 Å².